The van der Waals surface area contributed by atoms with E-state index in [0.29, 0.717) is 18.6 Å². The average Bonchev–Trinajstić information content (AvgIpc) is 2.83. The molecule has 2 heterocycles. The van der Waals surface area contributed by atoms with Gasteiger partial charge in [0.15, 0.2) is 11.6 Å². The van der Waals surface area contributed by atoms with Gasteiger partial charge in [-0.2, -0.15) is 0 Å². The standard InChI is InChI=1S/C11H8F3N3/c12-6-3-7(10(14)8(13)4-6)9-5-17-2-1-15-11(17)16-9/h3-5H,1-2H2,(H,15,16). The number of aromatic nitrogens is 2. The number of halogens is 3. The second kappa shape index (κ2) is 3.51. The van der Waals surface area contributed by atoms with Gasteiger partial charge in [-0.1, -0.05) is 0 Å². The molecule has 1 aliphatic rings. The molecular formula is C11H8F3N3. The van der Waals surface area contributed by atoms with E-state index in [1.54, 1.807) is 10.8 Å². The zero-order chi connectivity index (χ0) is 12.0. The second-order valence-electron chi connectivity index (χ2n) is 3.82. The van der Waals surface area contributed by atoms with E-state index in [1.165, 1.54) is 0 Å². The molecule has 0 saturated heterocycles. The van der Waals surface area contributed by atoms with E-state index in [2.05, 4.69) is 10.3 Å². The predicted octanol–water partition coefficient (Wildman–Crippen LogP) is 2.39. The van der Waals surface area contributed by atoms with Gasteiger partial charge in [-0.05, 0) is 6.07 Å². The van der Waals surface area contributed by atoms with Crippen LogP contribution in [0.2, 0.25) is 0 Å². The molecule has 0 bridgehead atoms. The average molecular weight is 239 g/mol. The Morgan fingerprint density at radius 3 is 2.82 bits per heavy atom. The molecule has 0 saturated carbocycles. The fourth-order valence-corrected chi connectivity index (χ4v) is 1.89. The van der Waals surface area contributed by atoms with E-state index in [4.69, 9.17) is 0 Å². The van der Waals surface area contributed by atoms with Gasteiger partial charge in [0.25, 0.3) is 0 Å². The number of hydrogen-bond donors (Lipinski definition) is 1. The van der Waals surface area contributed by atoms with Crippen molar-refractivity contribution in [1.82, 2.24) is 9.55 Å². The Bertz CT molecular complexity index is 570. The van der Waals surface area contributed by atoms with Crippen molar-refractivity contribution in [2.24, 2.45) is 0 Å². The van der Waals surface area contributed by atoms with Crippen LogP contribution in [0.15, 0.2) is 18.3 Å². The zero-order valence-electron chi connectivity index (χ0n) is 8.67. The molecule has 1 N–H and O–H groups in total. The third-order valence-corrected chi connectivity index (χ3v) is 2.68. The van der Waals surface area contributed by atoms with Crippen LogP contribution in [-0.4, -0.2) is 16.1 Å². The van der Waals surface area contributed by atoms with E-state index >= 15 is 0 Å². The number of anilines is 1. The molecule has 0 amide bonds. The monoisotopic (exact) mass is 239 g/mol. The number of hydrogen-bond acceptors (Lipinski definition) is 2. The number of rotatable bonds is 1. The summed E-state index contributed by atoms with van der Waals surface area (Å²) in [5.74, 6) is -2.52. The molecule has 0 unspecified atom stereocenters. The lowest BCUT2D eigenvalue weighted by atomic mass is 10.1. The third-order valence-electron chi connectivity index (χ3n) is 2.68. The first-order valence-electron chi connectivity index (χ1n) is 5.11. The number of fused-ring (bicyclic) bond motifs is 1. The Balaban J connectivity index is 2.14. The van der Waals surface area contributed by atoms with Crippen molar-refractivity contribution in [1.29, 1.82) is 0 Å². The topological polar surface area (TPSA) is 29.9 Å². The molecular weight excluding hydrogens is 231 g/mol. The smallest absolute Gasteiger partial charge is 0.203 e. The van der Waals surface area contributed by atoms with Crippen LogP contribution < -0.4 is 5.32 Å². The van der Waals surface area contributed by atoms with Crippen LogP contribution >= 0.6 is 0 Å². The van der Waals surface area contributed by atoms with Gasteiger partial charge in [-0.15, -0.1) is 0 Å². The molecule has 0 radical (unpaired) electrons. The van der Waals surface area contributed by atoms with Gasteiger partial charge in [0.2, 0.25) is 5.95 Å². The minimum atomic E-state index is -1.21. The van der Waals surface area contributed by atoms with Crippen molar-refractivity contribution >= 4 is 5.95 Å². The van der Waals surface area contributed by atoms with Crippen LogP contribution in [0.3, 0.4) is 0 Å². The van der Waals surface area contributed by atoms with Gasteiger partial charge in [-0.3, -0.25) is 0 Å². The second-order valence-corrected chi connectivity index (χ2v) is 3.82. The quantitative estimate of drug-likeness (QED) is 0.774. The lowest BCUT2D eigenvalue weighted by Gasteiger charge is -2.01. The van der Waals surface area contributed by atoms with Crippen LogP contribution in [0.25, 0.3) is 11.3 Å². The Kier molecular flexibility index (Phi) is 2.10. The molecule has 17 heavy (non-hydrogen) atoms. The Morgan fingerprint density at radius 1 is 1.24 bits per heavy atom. The largest absolute Gasteiger partial charge is 0.354 e. The third kappa shape index (κ3) is 1.56. The van der Waals surface area contributed by atoms with Gasteiger partial charge in [0, 0.05) is 30.9 Å². The van der Waals surface area contributed by atoms with Crippen molar-refractivity contribution in [2.75, 3.05) is 11.9 Å². The summed E-state index contributed by atoms with van der Waals surface area (Å²) in [6.07, 6.45) is 1.58. The molecule has 0 fully saturated rings. The van der Waals surface area contributed by atoms with Crippen molar-refractivity contribution in [3.8, 4) is 11.3 Å². The Morgan fingerprint density at radius 2 is 2.06 bits per heavy atom. The van der Waals surface area contributed by atoms with Crippen LogP contribution in [0.1, 0.15) is 0 Å². The molecule has 0 atom stereocenters. The molecule has 0 aliphatic carbocycles. The number of nitrogens with one attached hydrogen (secondary N) is 1. The van der Waals surface area contributed by atoms with Crippen molar-refractivity contribution in [3.05, 3.63) is 35.8 Å². The van der Waals surface area contributed by atoms with Crippen LogP contribution in [0.4, 0.5) is 19.1 Å². The molecule has 1 aromatic heterocycles. The highest BCUT2D eigenvalue weighted by molar-refractivity contribution is 5.62. The highest BCUT2D eigenvalue weighted by Gasteiger charge is 2.19. The first kappa shape index (κ1) is 10.2. The minimum Gasteiger partial charge on any atom is -0.354 e. The van der Waals surface area contributed by atoms with E-state index in [-0.39, 0.29) is 11.3 Å². The summed E-state index contributed by atoms with van der Waals surface area (Å²) in [7, 11) is 0. The zero-order valence-corrected chi connectivity index (χ0v) is 8.67. The first-order valence-corrected chi connectivity index (χ1v) is 5.11. The maximum atomic E-state index is 13.5. The number of imidazole rings is 1. The van der Waals surface area contributed by atoms with Crippen molar-refractivity contribution < 1.29 is 13.2 Å². The van der Waals surface area contributed by atoms with E-state index < -0.39 is 17.5 Å². The molecule has 3 rings (SSSR count). The summed E-state index contributed by atoms with van der Waals surface area (Å²) in [6, 6.07) is 1.46. The normalized spacial score (nSPS) is 13.6. The van der Waals surface area contributed by atoms with Gasteiger partial charge >= 0.3 is 0 Å². The summed E-state index contributed by atoms with van der Waals surface area (Å²) in [5.41, 5.74) is 0.0642. The number of benzene rings is 1. The summed E-state index contributed by atoms with van der Waals surface area (Å²) in [5, 5.41) is 2.98. The molecule has 1 aliphatic heterocycles. The molecule has 2 aromatic rings. The Hall–Kier alpha value is -1.98. The van der Waals surface area contributed by atoms with Gasteiger partial charge in [-0.25, -0.2) is 18.2 Å². The predicted molar refractivity (Wildman–Crippen MR) is 56.0 cm³/mol. The van der Waals surface area contributed by atoms with Gasteiger partial charge in [0.05, 0.1) is 5.69 Å². The van der Waals surface area contributed by atoms with Gasteiger partial charge in [0.1, 0.15) is 5.82 Å². The van der Waals surface area contributed by atoms with Crippen molar-refractivity contribution in [3.63, 3.8) is 0 Å². The summed E-state index contributed by atoms with van der Waals surface area (Å²) >= 11 is 0. The maximum Gasteiger partial charge on any atom is 0.203 e. The fourth-order valence-electron chi connectivity index (χ4n) is 1.89. The van der Waals surface area contributed by atoms with Crippen molar-refractivity contribution in [2.45, 2.75) is 6.54 Å². The first-order chi connectivity index (χ1) is 8.15. The number of nitrogens with zero attached hydrogens (tertiary/aromatic N) is 2. The van der Waals surface area contributed by atoms with Crippen LogP contribution in [0, 0.1) is 17.5 Å². The summed E-state index contributed by atoms with van der Waals surface area (Å²) in [6.45, 7) is 1.46. The van der Waals surface area contributed by atoms with E-state index in [9.17, 15) is 13.2 Å². The lowest BCUT2D eigenvalue weighted by molar-refractivity contribution is 0.497. The van der Waals surface area contributed by atoms with E-state index in [0.717, 1.165) is 12.6 Å². The molecule has 0 spiro atoms. The Labute approximate surface area is 94.9 Å². The van der Waals surface area contributed by atoms with Crippen LogP contribution in [-0.2, 0) is 6.54 Å². The highest BCUT2D eigenvalue weighted by atomic mass is 19.2. The molecule has 88 valence electrons. The molecule has 6 heteroatoms. The fraction of sp³-hybridized carbons (Fsp3) is 0.182. The molecule has 1 aromatic carbocycles. The van der Waals surface area contributed by atoms with Crippen LogP contribution in [0.5, 0.6) is 0 Å². The highest BCUT2D eigenvalue weighted by Crippen LogP contribution is 2.27. The summed E-state index contributed by atoms with van der Waals surface area (Å²) < 4.78 is 41.4. The summed E-state index contributed by atoms with van der Waals surface area (Å²) in [4.78, 5) is 4.08. The lowest BCUT2D eigenvalue weighted by Crippen LogP contribution is -1.96. The maximum absolute atomic E-state index is 13.5. The minimum absolute atomic E-state index is 0.161. The SMILES string of the molecule is Fc1cc(F)c(F)c(-c2cn3c(n2)NCC3)c1. The van der Waals surface area contributed by atoms with E-state index in [1.807, 2.05) is 0 Å². The van der Waals surface area contributed by atoms with Gasteiger partial charge < -0.3 is 9.88 Å². The molecule has 3 nitrogen and oxygen atoms in total.